The average molecular weight is 422 g/mol. The molecule has 0 saturated carbocycles. The lowest BCUT2D eigenvalue weighted by atomic mass is 10.0. The fraction of sp³-hybridized carbons (Fsp3) is 0.318. The third kappa shape index (κ3) is 8.14. The number of carbonyl (C=O) groups excluding carboxylic acids is 3. The summed E-state index contributed by atoms with van der Waals surface area (Å²) in [7, 11) is 0. The van der Waals surface area contributed by atoms with Crippen molar-refractivity contribution < 1.29 is 14.4 Å². The van der Waals surface area contributed by atoms with E-state index in [1.807, 2.05) is 26.0 Å². The molecule has 0 fully saturated rings. The molecule has 1 aromatic heterocycles. The molecule has 4 N–H and O–H groups in total. The topological polar surface area (TPSA) is 136 Å². The summed E-state index contributed by atoms with van der Waals surface area (Å²) in [5.41, 5.74) is 1.59. The molecule has 2 aromatic rings. The lowest BCUT2D eigenvalue weighted by Crippen LogP contribution is -2.47. The highest BCUT2D eigenvalue weighted by molar-refractivity contribution is 5.99. The lowest BCUT2D eigenvalue weighted by Gasteiger charge is -2.19. The Kier molecular flexibility index (Phi) is 8.98. The Balaban J connectivity index is 1.98. The van der Waals surface area contributed by atoms with E-state index in [9.17, 15) is 14.4 Å². The van der Waals surface area contributed by atoms with Crippen LogP contribution in [-0.4, -0.2) is 35.4 Å². The number of benzene rings is 1. The van der Waals surface area contributed by atoms with Gasteiger partial charge in [-0.15, -0.1) is 0 Å². The number of pyridine rings is 1. The quantitative estimate of drug-likeness (QED) is 0.459. The highest BCUT2D eigenvalue weighted by Crippen LogP contribution is 2.12. The van der Waals surface area contributed by atoms with E-state index >= 15 is 0 Å². The molecule has 0 aliphatic carbocycles. The van der Waals surface area contributed by atoms with Crippen molar-refractivity contribution in [3.63, 3.8) is 0 Å². The molecule has 4 amide bonds. The van der Waals surface area contributed by atoms with E-state index in [1.54, 1.807) is 36.7 Å². The van der Waals surface area contributed by atoms with E-state index < -0.39 is 23.9 Å². The average Bonchev–Trinajstić information content (AvgIpc) is 2.76. The van der Waals surface area contributed by atoms with Crippen LogP contribution in [0.2, 0.25) is 0 Å². The van der Waals surface area contributed by atoms with Crippen LogP contribution in [0.3, 0.4) is 0 Å². The fourth-order valence-corrected chi connectivity index (χ4v) is 2.79. The monoisotopic (exact) mass is 422 g/mol. The van der Waals surface area contributed by atoms with Crippen LogP contribution in [0.5, 0.6) is 0 Å². The summed E-state index contributed by atoms with van der Waals surface area (Å²) in [6, 6.07) is 10.7. The van der Waals surface area contributed by atoms with Gasteiger partial charge in [-0.25, -0.2) is 4.79 Å². The van der Waals surface area contributed by atoms with E-state index in [4.69, 9.17) is 5.26 Å². The first-order valence-corrected chi connectivity index (χ1v) is 9.88. The number of hydrogen-bond donors (Lipinski definition) is 4. The molecule has 9 nitrogen and oxygen atoms in total. The van der Waals surface area contributed by atoms with Gasteiger partial charge < -0.3 is 21.3 Å². The number of amides is 4. The summed E-state index contributed by atoms with van der Waals surface area (Å²) in [6.07, 6.45) is 3.74. The van der Waals surface area contributed by atoms with Crippen molar-refractivity contribution in [2.45, 2.75) is 32.9 Å². The molecule has 0 aliphatic rings. The van der Waals surface area contributed by atoms with Gasteiger partial charge in [-0.2, -0.15) is 5.26 Å². The Morgan fingerprint density at radius 3 is 2.61 bits per heavy atom. The number of nitrogens with one attached hydrogen (secondary N) is 4. The van der Waals surface area contributed by atoms with Gasteiger partial charge in [0.25, 0.3) is 5.91 Å². The first-order chi connectivity index (χ1) is 14.9. The molecule has 31 heavy (non-hydrogen) atoms. The molecule has 0 aliphatic heterocycles. The number of anilines is 1. The van der Waals surface area contributed by atoms with Gasteiger partial charge in [0.15, 0.2) is 0 Å². The van der Waals surface area contributed by atoms with Crippen molar-refractivity contribution in [2.24, 2.45) is 5.92 Å². The van der Waals surface area contributed by atoms with Crippen molar-refractivity contribution in [3.8, 4) is 6.07 Å². The number of aromatic nitrogens is 1. The van der Waals surface area contributed by atoms with Crippen LogP contribution in [0.25, 0.3) is 0 Å². The molecule has 0 bridgehead atoms. The summed E-state index contributed by atoms with van der Waals surface area (Å²) < 4.78 is 0. The maximum atomic E-state index is 12.7. The van der Waals surface area contributed by atoms with Crippen molar-refractivity contribution in [1.82, 2.24) is 20.9 Å². The molecule has 1 atom stereocenters. The summed E-state index contributed by atoms with van der Waals surface area (Å²) in [5.74, 6) is -0.695. The molecule has 1 heterocycles. The van der Waals surface area contributed by atoms with Crippen LogP contribution in [0, 0.1) is 17.2 Å². The van der Waals surface area contributed by atoms with Crippen LogP contribution < -0.4 is 21.3 Å². The highest BCUT2D eigenvalue weighted by Gasteiger charge is 2.22. The summed E-state index contributed by atoms with van der Waals surface area (Å²) in [4.78, 5) is 41.1. The van der Waals surface area contributed by atoms with Crippen molar-refractivity contribution in [2.75, 3.05) is 11.9 Å². The number of rotatable bonds is 9. The lowest BCUT2D eigenvalue weighted by molar-refractivity contribution is -0.123. The van der Waals surface area contributed by atoms with Gasteiger partial charge in [0.05, 0.1) is 6.07 Å². The second-order valence-corrected chi connectivity index (χ2v) is 7.28. The van der Waals surface area contributed by atoms with E-state index in [1.165, 1.54) is 6.07 Å². The highest BCUT2D eigenvalue weighted by atomic mass is 16.2. The number of hydrogen-bond acceptors (Lipinski definition) is 5. The van der Waals surface area contributed by atoms with Crippen molar-refractivity contribution >= 4 is 23.5 Å². The molecule has 9 heteroatoms. The van der Waals surface area contributed by atoms with Crippen LogP contribution in [0.1, 0.15) is 36.2 Å². The zero-order valence-corrected chi connectivity index (χ0v) is 17.5. The third-order valence-electron chi connectivity index (χ3n) is 4.23. The predicted molar refractivity (Wildman–Crippen MR) is 116 cm³/mol. The fourth-order valence-electron chi connectivity index (χ4n) is 2.79. The molecular formula is C22H26N6O3. The minimum Gasteiger partial charge on any atom is -0.341 e. The van der Waals surface area contributed by atoms with E-state index in [2.05, 4.69) is 26.3 Å². The standard InChI is InChI=1S/C22H26N6O3/c1-15(2)11-19(21(30)25-10-8-23)28-20(29)17-6-3-7-18(12-17)27-22(31)26-14-16-5-4-9-24-13-16/h3-7,9,12-13,15,19H,10-11,14H2,1-2H3,(H,25,30)(H,28,29)(H2,26,27,31). The SMILES string of the molecule is CC(C)CC(NC(=O)c1cccc(NC(=O)NCc2cccnc2)c1)C(=O)NCC#N. The Morgan fingerprint density at radius 1 is 1.13 bits per heavy atom. The zero-order chi connectivity index (χ0) is 22.6. The van der Waals surface area contributed by atoms with Gasteiger partial charge in [0.1, 0.15) is 12.6 Å². The van der Waals surface area contributed by atoms with Crippen LogP contribution in [-0.2, 0) is 11.3 Å². The van der Waals surface area contributed by atoms with Gasteiger partial charge in [-0.3, -0.25) is 14.6 Å². The Morgan fingerprint density at radius 2 is 1.94 bits per heavy atom. The minimum absolute atomic E-state index is 0.128. The maximum absolute atomic E-state index is 12.7. The Bertz CT molecular complexity index is 940. The second-order valence-electron chi connectivity index (χ2n) is 7.28. The minimum atomic E-state index is -0.764. The van der Waals surface area contributed by atoms with Crippen molar-refractivity contribution in [3.05, 3.63) is 59.9 Å². The number of carbonyl (C=O) groups is 3. The zero-order valence-electron chi connectivity index (χ0n) is 17.5. The number of urea groups is 1. The van der Waals surface area contributed by atoms with Crippen LogP contribution in [0.4, 0.5) is 10.5 Å². The normalized spacial score (nSPS) is 11.2. The van der Waals surface area contributed by atoms with Gasteiger partial charge >= 0.3 is 6.03 Å². The second kappa shape index (κ2) is 11.9. The van der Waals surface area contributed by atoms with Gasteiger partial charge in [0, 0.05) is 30.2 Å². The Hall–Kier alpha value is -3.93. The first kappa shape index (κ1) is 23.3. The number of nitriles is 1. The van der Waals surface area contributed by atoms with E-state index in [0.29, 0.717) is 24.2 Å². The van der Waals surface area contributed by atoms with Gasteiger partial charge in [-0.1, -0.05) is 26.0 Å². The molecule has 0 spiro atoms. The molecule has 0 radical (unpaired) electrons. The first-order valence-electron chi connectivity index (χ1n) is 9.88. The number of nitrogens with zero attached hydrogens (tertiary/aromatic N) is 2. The smallest absolute Gasteiger partial charge is 0.319 e. The van der Waals surface area contributed by atoms with Gasteiger partial charge in [0.2, 0.25) is 5.91 Å². The summed E-state index contributed by atoms with van der Waals surface area (Å²) >= 11 is 0. The molecule has 0 saturated heterocycles. The van der Waals surface area contributed by atoms with E-state index in [0.717, 1.165) is 5.56 Å². The summed E-state index contributed by atoms with van der Waals surface area (Å²) in [6.45, 7) is 4.06. The molecule has 1 unspecified atom stereocenters. The van der Waals surface area contributed by atoms with Crippen molar-refractivity contribution in [1.29, 1.82) is 5.26 Å². The third-order valence-corrected chi connectivity index (χ3v) is 4.23. The Labute approximate surface area is 181 Å². The molecule has 2 rings (SSSR count). The predicted octanol–water partition coefficient (Wildman–Crippen LogP) is 2.19. The van der Waals surface area contributed by atoms with E-state index in [-0.39, 0.29) is 12.5 Å². The van der Waals surface area contributed by atoms with Crippen LogP contribution >= 0.6 is 0 Å². The van der Waals surface area contributed by atoms with Crippen LogP contribution in [0.15, 0.2) is 48.8 Å². The molecular weight excluding hydrogens is 396 g/mol. The maximum Gasteiger partial charge on any atom is 0.319 e. The summed E-state index contributed by atoms with van der Waals surface area (Å²) in [5, 5.41) is 19.2. The molecule has 162 valence electrons. The molecule has 1 aromatic carbocycles. The largest absolute Gasteiger partial charge is 0.341 e. The van der Waals surface area contributed by atoms with Gasteiger partial charge in [-0.05, 0) is 42.2 Å².